The van der Waals surface area contributed by atoms with Crippen LogP contribution in [0, 0.1) is 5.82 Å². The van der Waals surface area contributed by atoms with Crippen molar-refractivity contribution in [3.63, 3.8) is 0 Å². The van der Waals surface area contributed by atoms with Crippen LogP contribution in [0.1, 0.15) is 5.69 Å². The maximum atomic E-state index is 12.9. The summed E-state index contributed by atoms with van der Waals surface area (Å²) in [5.41, 5.74) is 1.90. The van der Waals surface area contributed by atoms with E-state index in [2.05, 4.69) is 21.8 Å². The number of halogens is 1. The molecular weight excluding hydrogens is 319 g/mol. The third kappa shape index (κ3) is 3.42. The first-order valence-electron chi connectivity index (χ1n) is 6.58. The Kier molecular flexibility index (Phi) is 4.65. The number of nitrogens with zero attached hydrogens (tertiary/aromatic N) is 4. The number of benzene rings is 1. The van der Waals surface area contributed by atoms with Gasteiger partial charge in [0.25, 0.3) is 0 Å². The van der Waals surface area contributed by atoms with Gasteiger partial charge in [-0.05, 0) is 24.3 Å². The van der Waals surface area contributed by atoms with E-state index >= 15 is 0 Å². The zero-order chi connectivity index (χ0) is 15.4. The van der Waals surface area contributed by atoms with Gasteiger partial charge < -0.3 is 4.57 Å². The number of thioether (sulfide) groups is 1. The number of allylic oxidation sites excluding steroid dienone is 1. The van der Waals surface area contributed by atoms with Crippen LogP contribution in [-0.4, -0.2) is 19.7 Å². The Balaban J connectivity index is 1.68. The predicted octanol–water partition coefficient (Wildman–Crippen LogP) is 4.02. The molecule has 0 N–H and O–H groups in total. The Morgan fingerprint density at radius 3 is 2.91 bits per heavy atom. The van der Waals surface area contributed by atoms with E-state index < -0.39 is 0 Å². The minimum absolute atomic E-state index is 0.238. The Bertz CT molecular complexity index is 764. The smallest absolute Gasteiger partial charge is 0.191 e. The molecular formula is C15H13FN4S2. The first-order valence-corrected chi connectivity index (χ1v) is 8.44. The van der Waals surface area contributed by atoms with Gasteiger partial charge >= 0.3 is 0 Å². The van der Waals surface area contributed by atoms with Gasteiger partial charge in [0.05, 0.1) is 5.69 Å². The standard InChI is InChI=1S/C15H13FN4S2/c1-2-7-20-10-17-19-15(20)22-9-13-8-21-14(18-13)11-3-5-12(16)6-4-11/h2-6,8,10H,1,7,9H2. The summed E-state index contributed by atoms with van der Waals surface area (Å²) < 4.78 is 14.9. The number of hydrogen-bond acceptors (Lipinski definition) is 5. The Morgan fingerprint density at radius 2 is 2.14 bits per heavy atom. The summed E-state index contributed by atoms with van der Waals surface area (Å²) in [5.74, 6) is 0.478. The van der Waals surface area contributed by atoms with E-state index in [4.69, 9.17) is 0 Å². The maximum absolute atomic E-state index is 12.9. The van der Waals surface area contributed by atoms with Gasteiger partial charge in [-0.1, -0.05) is 17.8 Å². The molecule has 4 nitrogen and oxygen atoms in total. The number of aromatic nitrogens is 4. The fourth-order valence-electron chi connectivity index (χ4n) is 1.86. The quantitative estimate of drug-likeness (QED) is 0.505. The van der Waals surface area contributed by atoms with Crippen molar-refractivity contribution in [2.75, 3.05) is 0 Å². The molecule has 0 bridgehead atoms. The van der Waals surface area contributed by atoms with E-state index in [1.165, 1.54) is 12.1 Å². The summed E-state index contributed by atoms with van der Waals surface area (Å²) in [6.45, 7) is 4.40. The number of rotatable bonds is 6. The Labute approximate surface area is 135 Å². The van der Waals surface area contributed by atoms with Gasteiger partial charge in [0.2, 0.25) is 0 Å². The van der Waals surface area contributed by atoms with Crippen LogP contribution in [0.2, 0.25) is 0 Å². The minimum Gasteiger partial charge on any atom is -0.305 e. The maximum Gasteiger partial charge on any atom is 0.191 e. The summed E-state index contributed by atoms with van der Waals surface area (Å²) in [7, 11) is 0. The molecule has 3 aromatic rings. The monoisotopic (exact) mass is 332 g/mol. The van der Waals surface area contributed by atoms with Gasteiger partial charge in [0, 0.05) is 23.2 Å². The van der Waals surface area contributed by atoms with Crippen LogP contribution in [-0.2, 0) is 12.3 Å². The van der Waals surface area contributed by atoms with Crippen molar-refractivity contribution in [1.29, 1.82) is 0 Å². The molecule has 0 saturated heterocycles. The third-order valence-electron chi connectivity index (χ3n) is 2.90. The first kappa shape index (κ1) is 14.9. The average Bonchev–Trinajstić information content (AvgIpc) is 3.16. The van der Waals surface area contributed by atoms with Gasteiger partial charge in [0.1, 0.15) is 17.2 Å². The van der Waals surface area contributed by atoms with Gasteiger partial charge in [-0.3, -0.25) is 0 Å². The van der Waals surface area contributed by atoms with Gasteiger partial charge in [0.15, 0.2) is 5.16 Å². The fourth-order valence-corrected chi connectivity index (χ4v) is 3.61. The summed E-state index contributed by atoms with van der Waals surface area (Å²) >= 11 is 3.14. The molecule has 0 aliphatic heterocycles. The van der Waals surface area contributed by atoms with Crippen LogP contribution in [0.4, 0.5) is 4.39 Å². The highest BCUT2D eigenvalue weighted by atomic mass is 32.2. The minimum atomic E-state index is -0.238. The molecule has 0 spiro atoms. The summed E-state index contributed by atoms with van der Waals surface area (Å²) in [4.78, 5) is 4.58. The molecule has 0 atom stereocenters. The Morgan fingerprint density at radius 1 is 1.32 bits per heavy atom. The molecule has 0 unspecified atom stereocenters. The van der Waals surface area contributed by atoms with Crippen molar-refractivity contribution < 1.29 is 4.39 Å². The first-order chi connectivity index (χ1) is 10.8. The molecule has 0 aliphatic rings. The average molecular weight is 332 g/mol. The summed E-state index contributed by atoms with van der Waals surface area (Å²) in [6.07, 6.45) is 3.50. The van der Waals surface area contributed by atoms with Gasteiger partial charge in [-0.2, -0.15) is 0 Å². The van der Waals surface area contributed by atoms with Gasteiger partial charge in [-0.15, -0.1) is 28.1 Å². The lowest BCUT2D eigenvalue weighted by Crippen LogP contribution is -1.95. The zero-order valence-electron chi connectivity index (χ0n) is 11.6. The summed E-state index contributed by atoms with van der Waals surface area (Å²) in [6, 6.07) is 6.38. The summed E-state index contributed by atoms with van der Waals surface area (Å²) in [5, 5.41) is 11.7. The van der Waals surface area contributed by atoms with Crippen LogP contribution < -0.4 is 0 Å². The van der Waals surface area contributed by atoms with Gasteiger partial charge in [-0.25, -0.2) is 9.37 Å². The van der Waals surface area contributed by atoms with Crippen molar-refractivity contribution in [2.45, 2.75) is 17.5 Å². The molecule has 0 saturated carbocycles. The zero-order valence-corrected chi connectivity index (χ0v) is 13.3. The fraction of sp³-hybridized carbons (Fsp3) is 0.133. The van der Waals surface area contributed by atoms with E-state index in [1.54, 1.807) is 41.6 Å². The van der Waals surface area contributed by atoms with E-state index in [-0.39, 0.29) is 5.82 Å². The highest BCUT2D eigenvalue weighted by Crippen LogP contribution is 2.27. The second kappa shape index (κ2) is 6.85. The Hall–Kier alpha value is -1.99. The number of hydrogen-bond donors (Lipinski definition) is 0. The number of thiazole rings is 1. The molecule has 0 fully saturated rings. The molecule has 7 heteroatoms. The molecule has 0 amide bonds. The van der Waals surface area contributed by atoms with Crippen molar-refractivity contribution in [2.24, 2.45) is 0 Å². The van der Waals surface area contributed by atoms with E-state index in [9.17, 15) is 4.39 Å². The molecule has 0 aliphatic carbocycles. The molecule has 2 heterocycles. The molecule has 3 rings (SSSR count). The lowest BCUT2D eigenvalue weighted by atomic mass is 10.2. The molecule has 22 heavy (non-hydrogen) atoms. The van der Waals surface area contributed by atoms with E-state index in [1.807, 2.05) is 16.0 Å². The van der Waals surface area contributed by atoms with Crippen molar-refractivity contribution in [3.8, 4) is 10.6 Å². The van der Waals surface area contributed by atoms with Crippen LogP contribution >= 0.6 is 23.1 Å². The van der Waals surface area contributed by atoms with Crippen molar-refractivity contribution in [1.82, 2.24) is 19.7 Å². The van der Waals surface area contributed by atoms with E-state index in [0.29, 0.717) is 12.3 Å². The second-order valence-corrected chi connectivity index (χ2v) is 6.29. The van der Waals surface area contributed by atoms with Crippen LogP contribution in [0.15, 0.2) is 53.8 Å². The molecule has 112 valence electrons. The van der Waals surface area contributed by atoms with Crippen molar-refractivity contribution in [3.05, 3.63) is 60.1 Å². The van der Waals surface area contributed by atoms with Crippen LogP contribution in [0.3, 0.4) is 0 Å². The van der Waals surface area contributed by atoms with Crippen LogP contribution in [0.5, 0.6) is 0 Å². The predicted molar refractivity (Wildman–Crippen MR) is 87.3 cm³/mol. The van der Waals surface area contributed by atoms with Crippen molar-refractivity contribution >= 4 is 23.1 Å². The highest BCUT2D eigenvalue weighted by molar-refractivity contribution is 7.98. The lowest BCUT2D eigenvalue weighted by molar-refractivity contribution is 0.628. The third-order valence-corrected chi connectivity index (χ3v) is 4.85. The molecule has 0 radical (unpaired) electrons. The largest absolute Gasteiger partial charge is 0.305 e. The SMILES string of the molecule is C=CCn1cnnc1SCc1csc(-c2ccc(F)cc2)n1. The highest BCUT2D eigenvalue weighted by Gasteiger charge is 2.08. The van der Waals surface area contributed by atoms with E-state index in [0.717, 1.165) is 21.4 Å². The molecule has 1 aromatic carbocycles. The normalized spacial score (nSPS) is 10.8. The van der Waals surface area contributed by atoms with Crippen LogP contribution in [0.25, 0.3) is 10.6 Å². The molecule has 2 aromatic heterocycles. The lowest BCUT2D eigenvalue weighted by Gasteiger charge is -2.01. The topological polar surface area (TPSA) is 43.6 Å². The second-order valence-electron chi connectivity index (χ2n) is 4.49.